The van der Waals surface area contributed by atoms with E-state index in [0.717, 1.165) is 22.8 Å². The Hall–Kier alpha value is -1.82. The Labute approximate surface area is 144 Å². The van der Waals surface area contributed by atoms with Crippen molar-refractivity contribution in [2.75, 3.05) is 5.32 Å². The molecule has 124 valence electrons. The molecule has 0 saturated heterocycles. The molecule has 0 spiro atoms. The molecule has 1 amide bonds. The van der Waals surface area contributed by atoms with E-state index in [9.17, 15) is 4.79 Å². The fourth-order valence-electron chi connectivity index (χ4n) is 5.53. The van der Waals surface area contributed by atoms with Crippen LogP contribution >= 0.6 is 11.3 Å². The predicted octanol–water partition coefficient (Wildman–Crippen LogP) is 3.65. The van der Waals surface area contributed by atoms with Crippen molar-refractivity contribution < 1.29 is 4.79 Å². The number of pyridine rings is 1. The van der Waals surface area contributed by atoms with Gasteiger partial charge in [0.1, 0.15) is 5.01 Å². The number of rotatable bonds is 3. The predicted molar refractivity (Wildman–Crippen MR) is 91.9 cm³/mol. The summed E-state index contributed by atoms with van der Waals surface area (Å²) in [5.74, 6) is 2.51. The van der Waals surface area contributed by atoms with Gasteiger partial charge in [-0.25, -0.2) is 0 Å². The number of carbonyl (C=O) groups excluding carboxylic acids is 1. The van der Waals surface area contributed by atoms with E-state index in [1.165, 1.54) is 38.5 Å². The first-order chi connectivity index (χ1) is 11.7. The summed E-state index contributed by atoms with van der Waals surface area (Å²) in [7, 11) is 0. The zero-order chi connectivity index (χ0) is 16.1. The minimum atomic E-state index is -0.148. The molecule has 4 fully saturated rings. The monoisotopic (exact) mass is 340 g/mol. The highest BCUT2D eigenvalue weighted by molar-refractivity contribution is 7.15. The van der Waals surface area contributed by atoms with Gasteiger partial charge in [-0.05, 0) is 68.4 Å². The number of nitrogens with one attached hydrogen (secondary N) is 1. The van der Waals surface area contributed by atoms with Crippen molar-refractivity contribution in [2.45, 2.75) is 43.9 Å². The van der Waals surface area contributed by atoms with Gasteiger partial charge in [0, 0.05) is 23.4 Å². The van der Waals surface area contributed by atoms with Crippen molar-refractivity contribution in [1.82, 2.24) is 15.2 Å². The Morgan fingerprint density at radius 2 is 1.67 bits per heavy atom. The lowest BCUT2D eigenvalue weighted by atomic mass is 9.50. The molecule has 1 N–H and O–H groups in total. The van der Waals surface area contributed by atoms with Crippen LogP contribution in [0, 0.1) is 17.8 Å². The third-order valence-corrected chi connectivity index (χ3v) is 7.16. The molecular weight excluding hydrogens is 320 g/mol. The van der Waals surface area contributed by atoms with Crippen LogP contribution in [-0.4, -0.2) is 21.1 Å². The highest BCUT2D eigenvalue weighted by Crippen LogP contribution is 2.61. The molecule has 2 aromatic rings. The quantitative estimate of drug-likeness (QED) is 0.926. The average Bonchev–Trinajstić information content (AvgIpc) is 3.04. The summed E-state index contributed by atoms with van der Waals surface area (Å²) in [6.07, 6.45) is 11.3. The molecule has 6 rings (SSSR count). The van der Waals surface area contributed by atoms with E-state index in [4.69, 9.17) is 0 Å². The van der Waals surface area contributed by atoms with E-state index in [2.05, 4.69) is 20.5 Å². The second kappa shape index (κ2) is 5.34. The topological polar surface area (TPSA) is 67.8 Å². The summed E-state index contributed by atoms with van der Waals surface area (Å²) < 4.78 is 0. The first kappa shape index (κ1) is 14.5. The first-order valence-electron chi connectivity index (χ1n) is 8.75. The number of hydrogen-bond donors (Lipinski definition) is 1. The molecule has 4 aliphatic rings. The van der Waals surface area contributed by atoms with E-state index >= 15 is 0 Å². The molecule has 0 atom stereocenters. The highest BCUT2D eigenvalue weighted by Gasteiger charge is 2.53. The van der Waals surface area contributed by atoms with Crippen molar-refractivity contribution in [3.05, 3.63) is 35.1 Å². The summed E-state index contributed by atoms with van der Waals surface area (Å²) >= 11 is 1.57. The Morgan fingerprint density at radius 1 is 1.04 bits per heavy atom. The number of aromatic nitrogens is 3. The van der Waals surface area contributed by atoms with E-state index in [1.807, 2.05) is 0 Å². The van der Waals surface area contributed by atoms with E-state index in [1.54, 1.807) is 35.9 Å². The van der Waals surface area contributed by atoms with Gasteiger partial charge < -0.3 is 0 Å². The van der Waals surface area contributed by atoms with Crippen LogP contribution in [0.25, 0.3) is 0 Å². The molecule has 0 aromatic carbocycles. The lowest BCUT2D eigenvalue weighted by Gasteiger charge is -2.55. The molecule has 0 radical (unpaired) electrons. The molecule has 24 heavy (non-hydrogen) atoms. The van der Waals surface area contributed by atoms with Crippen LogP contribution in [0.3, 0.4) is 0 Å². The molecule has 6 heteroatoms. The normalized spacial score (nSPS) is 33.6. The van der Waals surface area contributed by atoms with Crippen molar-refractivity contribution in [1.29, 1.82) is 0 Å². The molecule has 5 nitrogen and oxygen atoms in total. The second-order valence-electron chi connectivity index (χ2n) is 7.80. The smallest absolute Gasteiger partial charge is 0.257 e. The van der Waals surface area contributed by atoms with E-state index in [-0.39, 0.29) is 11.3 Å². The van der Waals surface area contributed by atoms with Crippen molar-refractivity contribution >= 4 is 22.4 Å². The van der Waals surface area contributed by atoms with Gasteiger partial charge in [-0.15, -0.1) is 10.2 Å². The third kappa shape index (κ3) is 2.35. The SMILES string of the molecule is O=C(Nc1nnc(C23CC4CC(CC(C4)C2)C3)s1)c1ccncc1. The zero-order valence-corrected chi connectivity index (χ0v) is 14.3. The van der Waals surface area contributed by atoms with Crippen LogP contribution in [-0.2, 0) is 5.41 Å². The second-order valence-corrected chi connectivity index (χ2v) is 8.78. The highest BCUT2D eigenvalue weighted by atomic mass is 32.1. The molecule has 2 aromatic heterocycles. The largest absolute Gasteiger partial charge is 0.296 e. The van der Waals surface area contributed by atoms with Crippen molar-refractivity contribution in [3.8, 4) is 0 Å². The number of hydrogen-bond acceptors (Lipinski definition) is 5. The van der Waals surface area contributed by atoms with Gasteiger partial charge in [0.25, 0.3) is 5.91 Å². The molecular formula is C18H20N4OS. The fraction of sp³-hybridized carbons (Fsp3) is 0.556. The van der Waals surface area contributed by atoms with Gasteiger partial charge in [-0.1, -0.05) is 11.3 Å². The minimum absolute atomic E-state index is 0.148. The fourth-order valence-corrected chi connectivity index (χ4v) is 6.49. The Kier molecular flexibility index (Phi) is 3.23. The molecule has 4 saturated carbocycles. The van der Waals surface area contributed by atoms with E-state index in [0.29, 0.717) is 10.7 Å². The Morgan fingerprint density at radius 3 is 2.29 bits per heavy atom. The minimum Gasteiger partial charge on any atom is -0.296 e. The average molecular weight is 340 g/mol. The summed E-state index contributed by atoms with van der Waals surface area (Å²) in [6, 6.07) is 3.41. The number of amides is 1. The molecule has 0 aliphatic heterocycles. The van der Waals surface area contributed by atoms with Crippen LogP contribution in [0.15, 0.2) is 24.5 Å². The van der Waals surface area contributed by atoms with Crippen LogP contribution in [0.5, 0.6) is 0 Å². The molecule has 2 heterocycles. The van der Waals surface area contributed by atoms with Crippen molar-refractivity contribution in [2.24, 2.45) is 17.8 Å². The van der Waals surface area contributed by atoms with Crippen LogP contribution in [0.4, 0.5) is 5.13 Å². The van der Waals surface area contributed by atoms with E-state index < -0.39 is 0 Å². The van der Waals surface area contributed by atoms with Gasteiger partial charge in [0.05, 0.1) is 0 Å². The first-order valence-corrected chi connectivity index (χ1v) is 9.57. The maximum Gasteiger partial charge on any atom is 0.257 e. The summed E-state index contributed by atoms with van der Waals surface area (Å²) in [5.41, 5.74) is 0.836. The zero-order valence-electron chi connectivity index (χ0n) is 13.4. The lowest BCUT2D eigenvalue weighted by molar-refractivity contribution is -0.00555. The third-order valence-electron chi connectivity index (χ3n) is 6.08. The molecule has 4 bridgehead atoms. The van der Waals surface area contributed by atoms with Gasteiger partial charge in [-0.3, -0.25) is 15.1 Å². The standard InChI is InChI=1S/C18H20N4OS/c23-15(14-1-3-19-4-2-14)20-17-22-21-16(24-17)18-8-11-5-12(9-18)7-13(6-11)10-18/h1-4,11-13H,5-10H2,(H,20,22,23). The van der Waals surface area contributed by atoms with Crippen LogP contribution in [0.2, 0.25) is 0 Å². The number of carbonyl (C=O) groups is 1. The Bertz CT molecular complexity index is 737. The lowest BCUT2D eigenvalue weighted by Crippen LogP contribution is -2.48. The maximum absolute atomic E-state index is 12.3. The maximum atomic E-state index is 12.3. The van der Waals surface area contributed by atoms with Crippen molar-refractivity contribution in [3.63, 3.8) is 0 Å². The summed E-state index contributed by atoms with van der Waals surface area (Å²) in [5, 5.41) is 13.4. The van der Waals surface area contributed by atoms with Gasteiger partial charge in [-0.2, -0.15) is 0 Å². The number of anilines is 1. The van der Waals surface area contributed by atoms with Gasteiger partial charge >= 0.3 is 0 Å². The molecule has 0 unspecified atom stereocenters. The van der Waals surface area contributed by atoms with Gasteiger partial charge in [0.15, 0.2) is 0 Å². The van der Waals surface area contributed by atoms with Crippen LogP contribution in [0.1, 0.15) is 53.9 Å². The summed E-state index contributed by atoms with van der Waals surface area (Å²) in [4.78, 5) is 16.2. The molecule has 4 aliphatic carbocycles. The Balaban J connectivity index is 1.37. The number of nitrogens with zero attached hydrogens (tertiary/aromatic N) is 3. The van der Waals surface area contributed by atoms with Gasteiger partial charge in [0.2, 0.25) is 5.13 Å². The summed E-state index contributed by atoms with van der Waals surface area (Å²) in [6.45, 7) is 0. The van der Waals surface area contributed by atoms with Crippen LogP contribution < -0.4 is 5.32 Å².